The number of esters is 1. The molecular weight excluding hydrogens is 330 g/mol. The molecule has 0 aromatic heterocycles. The summed E-state index contributed by atoms with van der Waals surface area (Å²) in [6.45, 7) is 2.26. The molecule has 5 nitrogen and oxygen atoms in total. The van der Waals surface area contributed by atoms with Gasteiger partial charge in [-0.05, 0) is 49.1 Å². The lowest BCUT2D eigenvalue weighted by molar-refractivity contribution is -0.153. The van der Waals surface area contributed by atoms with Crippen molar-refractivity contribution < 1.29 is 19.1 Å². The second-order valence-electron chi connectivity index (χ2n) is 6.35. The molecule has 136 valence electrons. The zero-order valence-electron chi connectivity index (χ0n) is 15.1. The standard InChI is InChI=1S/C21H23NO4/c1-15(21(24)22-14-13-17-5-3-4-6-19(17)22)26-20(23)12-9-16-7-10-18(25-2)11-8-16/h3-8,10-11,15H,9,12-14H2,1-2H3/t15-/m1/s1. The number of amides is 1. The second kappa shape index (κ2) is 8.04. The Morgan fingerprint density at radius 2 is 1.85 bits per heavy atom. The molecule has 26 heavy (non-hydrogen) atoms. The van der Waals surface area contributed by atoms with Gasteiger partial charge in [-0.2, -0.15) is 0 Å². The summed E-state index contributed by atoms with van der Waals surface area (Å²) in [5.41, 5.74) is 3.09. The van der Waals surface area contributed by atoms with Gasteiger partial charge in [-0.15, -0.1) is 0 Å². The lowest BCUT2D eigenvalue weighted by atomic mass is 10.1. The Bertz CT molecular complexity index is 785. The van der Waals surface area contributed by atoms with Gasteiger partial charge >= 0.3 is 5.97 Å². The normalized spacial score (nSPS) is 13.8. The Labute approximate surface area is 153 Å². The third-order valence-corrected chi connectivity index (χ3v) is 4.59. The summed E-state index contributed by atoms with van der Waals surface area (Å²) >= 11 is 0. The highest BCUT2D eigenvalue weighted by Gasteiger charge is 2.29. The maximum absolute atomic E-state index is 12.6. The van der Waals surface area contributed by atoms with Crippen molar-refractivity contribution in [3.63, 3.8) is 0 Å². The molecule has 1 heterocycles. The number of ether oxygens (including phenoxy) is 2. The summed E-state index contributed by atoms with van der Waals surface area (Å²) in [7, 11) is 1.61. The molecule has 1 aliphatic rings. The summed E-state index contributed by atoms with van der Waals surface area (Å²) in [5.74, 6) is 0.239. The van der Waals surface area contributed by atoms with Crippen LogP contribution in [-0.4, -0.2) is 31.6 Å². The zero-order valence-corrected chi connectivity index (χ0v) is 15.1. The Morgan fingerprint density at radius 1 is 1.12 bits per heavy atom. The Kier molecular flexibility index (Phi) is 5.56. The molecule has 0 bridgehead atoms. The van der Waals surface area contributed by atoms with Crippen molar-refractivity contribution in [1.29, 1.82) is 0 Å². The lowest BCUT2D eigenvalue weighted by Crippen LogP contribution is -2.39. The third kappa shape index (κ3) is 4.04. The molecule has 1 amide bonds. The number of carbonyl (C=O) groups excluding carboxylic acids is 2. The van der Waals surface area contributed by atoms with E-state index >= 15 is 0 Å². The fourth-order valence-electron chi connectivity index (χ4n) is 3.13. The first-order valence-electron chi connectivity index (χ1n) is 8.80. The number of nitrogens with zero attached hydrogens (tertiary/aromatic N) is 1. The average Bonchev–Trinajstić information content (AvgIpc) is 3.10. The van der Waals surface area contributed by atoms with Gasteiger partial charge in [0.15, 0.2) is 6.10 Å². The van der Waals surface area contributed by atoms with E-state index in [9.17, 15) is 9.59 Å². The van der Waals surface area contributed by atoms with Crippen molar-refractivity contribution >= 4 is 17.6 Å². The zero-order chi connectivity index (χ0) is 18.5. The lowest BCUT2D eigenvalue weighted by Gasteiger charge is -2.21. The largest absolute Gasteiger partial charge is 0.497 e. The quantitative estimate of drug-likeness (QED) is 0.749. The van der Waals surface area contributed by atoms with Crippen LogP contribution < -0.4 is 9.64 Å². The fourth-order valence-corrected chi connectivity index (χ4v) is 3.13. The van der Waals surface area contributed by atoms with E-state index in [0.717, 1.165) is 29.0 Å². The van der Waals surface area contributed by atoms with Crippen LogP contribution in [0.4, 0.5) is 5.69 Å². The van der Waals surface area contributed by atoms with Crippen molar-refractivity contribution in [3.8, 4) is 5.75 Å². The van der Waals surface area contributed by atoms with E-state index in [2.05, 4.69) is 0 Å². The van der Waals surface area contributed by atoms with Crippen molar-refractivity contribution in [2.45, 2.75) is 32.3 Å². The van der Waals surface area contributed by atoms with Crippen molar-refractivity contribution in [3.05, 3.63) is 59.7 Å². The molecule has 0 saturated heterocycles. The molecule has 0 aliphatic carbocycles. The molecule has 0 radical (unpaired) electrons. The summed E-state index contributed by atoms with van der Waals surface area (Å²) in [6.07, 6.45) is 0.848. The number of hydrogen-bond donors (Lipinski definition) is 0. The van der Waals surface area contributed by atoms with E-state index < -0.39 is 6.10 Å². The molecule has 0 spiro atoms. The van der Waals surface area contributed by atoms with Gasteiger partial charge in [0.2, 0.25) is 0 Å². The van der Waals surface area contributed by atoms with Crippen molar-refractivity contribution in [2.75, 3.05) is 18.6 Å². The monoisotopic (exact) mass is 353 g/mol. The second-order valence-corrected chi connectivity index (χ2v) is 6.35. The van der Waals surface area contributed by atoms with Crippen LogP contribution in [0.25, 0.3) is 0 Å². The van der Waals surface area contributed by atoms with E-state index in [1.165, 1.54) is 0 Å². The number of rotatable bonds is 6. The van der Waals surface area contributed by atoms with Gasteiger partial charge in [0, 0.05) is 18.7 Å². The number of anilines is 1. The van der Waals surface area contributed by atoms with Gasteiger partial charge in [0.05, 0.1) is 7.11 Å². The summed E-state index contributed by atoms with van der Waals surface area (Å²) in [5, 5.41) is 0. The van der Waals surface area contributed by atoms with Crippen LogP contribution in [-0.2, 0) is 27.2 Å². The average molecular weight is 353 g/mol. The summed E-state index contributed by atoms with van der Waals surface area (Å²) < 4.78 is 10.5. The third-order valence-electron chi connectivity index (χ3n) is 4.59. The fraction of sp³-hybridized carbons (Fsp3) is 0.333. The van der Waals surface area contributed by atoms with E-state index in [-0.39, 0.29) is 18.3 Å². The highest BCUT2D eigenvalue weighted by Crippen LogP contribution is 2.28. The van der Waals surface area contributed by atoms with Crippen LogP contribution in [0, 0.1) is 0 Å². The van der Waals surface area contributed by atoms with Gasteiger partial charge in [-0.25, -0.2) is 0 Å². The number of carbonyl (C=O) groups is 2. The van der Waals surface area contributed by atoms with E-state index in [1.54, 1.807) is 18.9 Å². The number of para-hydroxylation sites is 1. The predicted molar refractivity (Wildman–Crippen MR) is 99.4 cm³/mol. The molecule has 3 rings (SSSR count). The smallest absolute Gasteiger partial charge is 0.306 e. The first-order chi connectivity index (χ1) is 12.6. The molecule has 1 atom stereocenters. The first kappa shape index (κ1) is 18.0. The number of benzene rings is 2. The SMILES string of the molecule is COc1ccc(CCC(=O)O[C@H](C)C(=O)N2CCc3ccccc32)cc1. The van der Waals surface area contributed by atoms with Crippen molar-refractivity contribution in [2.24, 2.45) is 0 Å². The molecule has 5 heteroatoms. The molecule has 2 aromatic carbocycles. The van der Waals surface area contributed by atoms with Gasteiger partial charge in [0.25, 0.3) is 5.91 Å². The predicted octanol–water partition coefficient (Wildman–Crippen LogP) is 3.15. The van der Waals surface area contributed by atoms with E-state index in [0.29, 0.717) is 13.0 Å². The molecule has 0 saturated carbocycles. The van der Waals surface area contributed by atoms with Crippen LogP contribution in [0.1, 0.15) is 24.5 Å². The molecule has 0 unspecified atom stereocenters. The number of hydrogen-bond acceptors (Lipinski definition) is 4. The maximum Gasteiger partial charge on any atom is 0.306 e. The number of methoxy groups -OCH3 is 1. The van der Waals surface area contributed by atoms with Crippen LogP contribution in [0.15, 0.2) is 48.5 Å². The summed E-state index contributed by atoms with van der Waals surface area (Å²) in [4.78, 5) is 26.4. The van der Waals surface area contributed by atoms with Gasteiger partial charge in [-0.3, -0.25) is 9.59 Å². The minimum Gasteiger partial charge on any atom is -0.497 e. The maximum atomic E-state index is 12.6. The molecule has 0 fully saturated rings. The minimum absolute atomic E-state index is 0.173. The molecule has 2 aromatic rings. The number of aryl methyl sites for hydroxylation is 1. The van der Waals surface area contributed by atoms with Crippen LogP contribution in [0.2, 0.25) is 0 Å². The van der Waals surface area contributed by atoms with Gasteiger partial charge in [0.1, 0.15) is 5.75 Å². The highest BCUT2D eigenvalue weighted by atomic mass is 16.5. The molecule has 0 N–H and O–H groups in total. The minimum atomic E-state index is -0.787. The highest BCUT2D eigenvalue weighted by molar-refractivity contribution is 5.99. The topological polar surface area (TPSA) is 55.8 Å². The molecular formula is C21H23NO4. The van der Waals surface area contributed by atoms with Crippen LogP contribution in [0.3, 0.4) is 0 Å². The van der Waals surface area contributed by atoms with Gasteiger partial charge < -0.3 is 14.4 Å². The Morgan fingerprint density at radius 3 is 2.58 bits per heavy atom. The van der Waals surface area contributed by atoms with E-state index in [4.69, 9.17) is 9.47 Å². The van der Waals surface area contributed by atoms with Gasteiger partial charge in [-0.1, -0.05) is 30.3 Å². The Hall–Kier alpha value is -2.82. The number of fused-ring (bicyclic) bond motifs is 1. The van der Waals surface area contributed by atoms with E-state index in [1.807, 2.05) is 48.5 Å². The van der Waals surface area contributed by atoms with Crippen LogP contribution >= 0.6 is 0 Å². The van der Waals surface area contributed by atoms with Crippen molar-refractivity contribution in [1.82, 2.24) is 0 Å². The first-order valence-corrected chi connectivity index (χ1v) is 8.80. The Balaban J connectivity index is 1.51. The van der Waals surface area contributed by atoms with Crippen LogP contribution in [0.5, 0.6) is 5.75 Å². The summed E-state index contributed by atoms with van der Waals surface area (Å²) in [6, 6.07) is 15.4. The molecule has 1 aliphatic heterocycles.